The van der Waals surface area contributed by atoms with Gasteiger partial charge in [0, 0.05) is 31.3 Å². The molecular weight excluding hydrogens is 304 g/mol. The molecule has 2 N–H and O–H groups in total. The molecule has 0 saturated carbocycles. The Labute approximate surface area is 140 Å². The molecule has 2 aromatic rings. The van der Waals surface area contributed by atoms with Gasteiger partial charge in [-0.3, -0.25) is 9.59 Å². The fraction of sp³-hybridized carbons (Fsp3) is 0.263. The fourth-order valence-corrected chi connectivity index (χ4v) is 2.84. The second-order valence-corrected chi connectivity index (χ2v) is 6.20. The molecule has 3 rings (SSSR count). The summed E-state index contributed by atoms with van der Waals surface area (Å²) in [5, 5.41) is 12.2. The molecule has 5 nitrogen and oxygen atoms in total. The Bertz CT molecular complexity index is 755. The molecule has 1 fully saturated rings. The van der Waals surface area contributed by atoms with Crippen LogP contribution < -0.4 is 5.32 Å². The van der Waals surface area contributed by atoms with Crippen molar-refractivity contribution in [3.05, 3.63) is 59.7 Å². The van der Waals surface area contributed by atoms with Crippen LogP contribution in [0.2, 0.25) is 0 Å². The number of nitrogens with zero attached hydrogens (tertiary/aromatic N) is 1. The zero-order valence-electron chi connectivity index (χ0n) is 13.5. The minimum absolute atomic E-state index is 0.00775. The highest BCUT2D eigenvalue weighted by Gasteiger charge is 2.34. The van der Waals surface area contributed by atoms with Crippen molar-refractivity contribution >= 4 is 17.5 Å². The van der Waals surface area contributed by atoms with Crippen molar-refractivity contribution in [2.45, 2.75) is 19.9 Å². The first-order chi connectivity index (χ1) is 11.5. The van der Waals surface area contributed by atoms with Crippen LogP contribution in [0.4, 0.5) is 5.69 Å². The number of phenols is 1. The number of hydrogen-bond donors (Lipinski definition) is 2. The van der Waals surface area contributed by atoms with Gasteiger partial charge in [0.15, 0.2) is 0 Å². The summed E-state index contributed by atoms with van der Waals surface area (Å²) in [5.74, 6) is -0.478. The van der Waals surface area contributed by atoms with Gasteiger partial charge in [0.2, 0.25) is 11.8 Å². The Morgan fingerprint density at radius 2 is 2.00 bits per heavy atom. The molecule has 0 radical (unpaired) electrons. The summed E-state index contributed by atoms with van der Waals surface area (Å²) in [5.41, 5.74) is 2.77. The Morgan fingerprint density at radius 1 is 1.25 bits per heavy atom. The Morgan fingerprint density at radius 3 is 2.71 bits per heavy atom. The molecule has 0 aromatic heterocycles. The first-order valence-electron chi connectivity index (χ1n) is 7.94. The largest absolute Gasteiger partial charge is 0.508 e. The van der Waals surface area contributed by atoms with Gasteiger partial charge in [-0.25, -0.2) is 0 Å². The predicted molar refractivity (Wildman–Crippen MR) is 91.4 cm³/mol. The lowest BCUT2D eigenvalue weighted by Gasteiger charge is -2.17. The van der Waals surface area contributed by atoms with Crippen LogP contribution >= 0.6 is 0 Å². The zero-order valence-corrected chi connectivity index (χ0v) is 13.5. The van der Waals surface area contributed by atoms with Crippen LogP contribution in [0, 0.1) is 12.8 Å². The summed E-state index contributed by atoms with van der Waals surface area (Å²) >= 11 is 0. The number of hydrogen-bond acceptors (Lipinski definition) is 3. The topological polar surface area (TPSA) is 69.6 Å². The van der Waals surface area contributed by atoms with Crippen molar-refractivity contribution in [1.82, 2.24) is 4.90 Å². The molecule has 1 saturated heterocycles. The average Bonchev–Trinajstić information content (AvgIpc) is 2.91. The number of aromatic hydroxyl groups is 1. The summed E-state index contributed by atoms with van der Waals surface area (Å²) < 4.78 is 0. The second kappa shape index (κ2) is 6.74. The van der Waals surface area contributed by atoms with Crippen LogP contribution in [0.1, 0.15) is 17.5 Å². The third-order valence-corrected chi connectivity index (χ3v) is 4.19. The van der Waals surface area contributed by atoms with Crippen molar-refractivity contribution in [3.63, 3.8) is 0 Å². The molecule has 0 aliphatic carbocycles. The molecule has 0 spiro atoms. The average molecular weight is 324 g/mol. The molecule has 1 unspecified atom stereocenters. The third kappa shape index (κ3) is 3.74. The number of amides is 2. The number of carbonyl (C=O) groups excluding carboxylic acids is 2. The smallest absolute Gasteiger partial charge is 0.229 e. The van der Waals surface area contributed by atoms with E-state index in [0.717, 1.165) is 5.56 Å². The first kappa shape index (κ1) is 16.1. The molecule has 0 bridgehead atoms. The summed E-state index contributed by atoms with van der Waals surface area (Å²) in [6, 6.07) is 14.4. The van der Waals surface area contributed by atoms with E-state index in [0.29, 0.717) is 18.8 Å². The number of carbonyl (C=O) groups is 2. The third-order valence-electron chi connectivity index (χ3n) is 4.19. The molecule has 1 aliphatic rings. The van der Waals surface area contributed by atoms with Crippen LogP contribution in [0.3, 0.4) is 0 Å². The van der Waals surface area contributed by atoms with E-state index < -0.39 is 0 Å². The minimum atomic E-state index is -0.370. The van der Waals surface area contributed by atoms with Crippen molar-refractivity contribution in [3.8, 4) is 5.75 Å². The van der Waals surface area contributed by atoms with Gasteiger partial charge in [-0.1, -0.05) is 35.9 Å². The lowest BCUT2D eigenvalue weighted by Crippen LogP contribution is -2.28. The molecule has 1 atom stereocenters. The van der Waals surface area contributed by atoms with Gasteiger partial charge in [-0.05, 0) is 24.6 Å². The standard InChI is InChI=1S/C19H20N2O3/c1-13-5-7-14(8-6-13)11-21-12-15(9-18(21)23)19(24)20-16-3-2-4-17(22)10-16/h2-8,10,15,22H,9,11-12H2,1H3,(H,20,24). The number of anilines is 1. The van der Waals surface area contributed by atoms with Crippen LogP contribution in [-0.2, 0) is 16.1 Å². The van der Waals surface area contributed by atoms with Crippen LogP contribution in [0.5, 0.6) is 5.75 Å². The Kier molecular flexibility index (Phi) is 4.51. The van der Waals surface area contributed by atoms with Gasteiger partial charge in [-0.15, -0.1) is 0 Å². The molecule has 124 valence electrons. The number of aryl methyl sites for hydroxylation is 1. The number of phenolic OH excluding ortho intramolecular Hbond substituents is 1. The van der Waals surface area contributed by atoms with Crippen molar-refractivity contribution in [1.29, 1.82) is 0 Å². The molecule has 2 amide bonds. The molecule has 24 heavy (non-hydrogen) atoms. The van der Waals surface area contributed by atoms with Gasteiger partial charge in [-0.2, -0.15) is 0 Å². The number of rotatable bonds is 4. The Hall–Kier alpha value is -2.82. The number of likely N-dealkylation sites (tertiary alicyclic amines) is 1. The minimum Gasteiger partial charge on any atom is -0.508 e. The van der Waals surface area contributed by atoms with E-state index in [2.05, 4.69) is 5.32 Å². The fourth-order valence-electron chi connectivity index (χ4n) is 2.84. The van der Waals surface area contributed by atoms with E-state index in [9.17, 15) is 14.7 Å². The second-order valence-electron chi connectivity index (χ2n) is 6.20. The summed E-state index contributed by atoms with van der Waals surface area (Å²) in [7, 11) is 0. The maximum atomic E-state index is 12.3. The SMILES string of the molecule is Cc1ccc(CN2CC(C(=O)Nc3cccc(O)c3)CC2=O)cc1. The van der Waals surface area contributed by atoms with Crippen LogP contribution in [-0.4, -0.2) is 28.4 Å². The highest BCUT2D eigenvalue weighted by molar-refractivity contribution is 5.97. The maximum Gasteiger partial charge on any atom is 0.229 e. The van der Waals surface area contributed by atoms with Gasteiger partial charge in [0.25, 0.3) is 0 Å². The highest BCUT2D eigenvalue weighted by Crippen LogP contribution is 2.23. The normalized spacial score (nSPS) is 17.1. The summed E-state index contributed by atoms with van der Waals surface area (Å²) in [6.07, 6.45) is 0.219. The number of nitrogens with one attached hydrogen (secondary N) is 1. The van der Waals surface area contributed by atoms with Crippen LogP contribution in [0.15, 0.2) is 48.5 Å². The Balaban J connectivity index is 1.61. The molecule has 5 heteroatoms. The van der Waals surface area contributed by atoms with Gasteiger partial charge < -0.3 is 15.3 Å². The van der Waals surface area contributed by atoms with Crippen molar-refractivity contribution in [2.24, 2.45) is 5.92 Å². The molecular formula is C19H20N2O3. The molecule has 1 aliphatic heterocycles. The predicted octanol–water partition coefficient (Wildman–Crippen LogP) is 2.69. The lowest BCUT2D eigenvalue weighted by atomic mass is 10.1. The van der Waals surface area contributed by atoms with Crippen molar-refractivity contribution < 1.29 is 14.7 Å². The van der Waals surface area contributed by atoms with Gasteiger partial charge in [0.1, 0.15) is 5.75 Å². The lowest BCUT2D eigenvalue weighted by molar-refractivity contribution is -0.128. The first-order valence-corrected chi connectivity index (χ1v) is 7.94. The van der Waals surface area contributed by atoms with Crippen molar-refractivity contribution in [2.75, 3.05) is 11.9 Å². The number of benzene rings is 2. The monoisotopic (exact) mass is 324 g/mol. The molecule has 2 aromatic carbocycles. The van der Waals surface area contributed by atoms with Gasteiger partial charge >= 0.3 is 0 Å². The van der Waals surface area contributed by atoms with Gasteiger partial charge in [0.05, 0.1) is 5.92 Å². The van der Waals surface area contributed by atoms with E-state index in [4.69, 9.17) is 0 Å². The van der Waals surface area contributed by atoms with E-state index in [1.165, 1.54) is 17.7 Å². The van der Waals surface area contributed by atoms with Crippen LogP contribution in [0.25, 0.3) is 0 Å². The van der Waals surface area contributed by atoms with E-state index in [1.807, 2.05) is 31.2 Å². The highest BCUT2D eigenvalue weighted by atomic mass is 16.3. The van der Waals surface area contributed by atoms with E-state index in [-0.39, 0.29) is 29.9 Å². The maximum absolute atomic E-state index is 12.3. The molecule has 1 heterocycles. The zero-order chi connectivity index (χ0) is 17.1. The summed E-state index contributed by atoms with van der Waals surface area (Å²) in [4.78, 5) is 26.2. The quantitative estimate of drug-likeness (QED) is 0.908. The van der Waals surface area contributed by atoms with E-state index >= 15 is 0 Å². The summed E-state index contributed by atoms with van der Waals surface area (Å²) in [6.45, 7) is 2.96. The van der Waals surface area contributed by atoms with E-state index in [1.54, 1.807) is 17.0 Å².